The molecule has 0 aromatic carbocycles. The van der Waals surface area contributed by atoms with E-state index < -0.39 is 0 Å². The lowest BCUT2D eigenvalue weighted by Crippen LogP contribution is -2.41. The molecule has 1 saturated heterocycles. The van der Waals surface area contributed by atoms with Crippen molar-refractivity contribution in [2.75, 3.05) is 25.0 Å². The summed E-state index contributed by atoms with van der Waals surface area (Å²) < 4.78 is 0. The van der Waals surface area contributed by atoms with Gasteiger partial charge in [-0.25, -0.2) is 4.98 Å². The Morgan fingerprint density at radius 3 is 3.05 bits per heavy atom. The van der Waals surface area contributed by atoms with Gasteiger partial charge in [-0.3, -0.25) is 0 Å². The smallest absolute Gasteiger partial charge is 0.171 e. The summed E-state index contributed by atoms with van der Waals surface area (Å²) in [6, 6.07) is 6.68. The van der Waals surface area contributed by atoms with Crippen molar-refractivity contribution in [1.29, 1.82) is 0 Å². The van der Waals surface area contributed by atoms with Gasteiger partial charge >= 0.3 is 0 Å². The van der Waals surface area contributed by atoms with Crippen molar-refractivity contribution in [2.24, 2.45) is 0 Å². The molecule has 1 aliphatic heterocycles. The highest BCUT2D eigenvalue weighted by Crippen LogP contribution is 2.19. The average Bonchev–Trinajstić information content (AvgIpc) is 2.52. The number of aryl methyl sites for hydroxylation is 1. The van der Waals surface area contributed by atoms with Gasteiger partial charge in [0.05, 0.1) is 0 Å². The molecule has 0 bridgehead atoms. The molecular formula is C17H28N4S. The van der Waals surface area contributed by atoms with Gasteiger partial charge in [0.25, 0.3) is 0 Å². The summed E-state index contributed by atoms with van der Waals surface area (Å²) in [5, 5.41) is 7.07. The number of thiocarbonyl (C=S) groups is 1. The Hall–Kier alpha value is -1.20. The third-order valence-electron chi connectivity index (χ3n) is 4.26. The normalized spacial score (nSPS) is 18.9. The Labute approximate surface area is 139 Å². The second kappa shape index (κ2) is 9.06. The molecule has 122 valence electrons. The molecular weight excluding hydrogens is 292 g/mol. The summed E-state index contributed by atoms with van der Waals surface area (Å²) in [5.41, 5.74) is 0.989. The van der Waals surface area contributed by atoms with Crippen molar-refractivity contribution < 1.29 is 0 Å². The van der Waals surface area contributed by atoms with Crippen LogP contribution in [-0.4, -0.2) is 40.7 Å². The number of pyridine rings is 1. The summed E-state index contributed by atoms with van der Waals surface area (Å²) in [6.45, 7) is 7.61. The minimum absolute atomic E-state index is 0.656. The zero-order chi connectivity index (χ0) is 15.8. The zero-order valence-electron chi connectivity index (χ0n) is 13.8. The van der Waals surface area contributed by atoms with E-state index in [9.17, 15) is 0 Å². The highest BCUT2D eigenvalue weighted by Gasteiger charge is 2.19. The average molecular weight is 321 g/mol. The maximum atomic E-state index is 5.32. The van der Waals surface area contributed by atoms with Gasteiger partial charge in [-0.15, -0.1) is 0 Å². The molecule has 22 heavy (non-hydrogen) atoms. The van der Waals surface area contributed by atoms with Crippen LogP contribution in [0.25, 0.3) is 0 Å². The van der Waals surface area contributed by atoms with Crippen LogP contribution in [0.5, 0.6) is 0 Å². The maximum absolute atomic E-state index is 5.32. The van der Waals surface area contributed by atoms with Crippen molar-refractivity contribution in [3.63, 3.8) is 0 Å². The lowest BCUT2D eigenvalue weighted by atomic mass is 10.00. The summed E-state index contributed by atoms with van der Waals surface area (Å²) in [4.78, 5) is 7.03. The number of anilines is 1. The standard InChI is InChI=1S/C17H28N4S/c1-3-15-9-4-5-12-21(15)13-7-11-18-17(22)20-16-10-6-8-14(2)19-16/h6,8,10,15H,3-5,7,9,11-13H2,1-2H3,(H2,18,19,20,22)/t15-/m1/s1. The van der Waals surface area contributed by atoms with Gasteiger partial charge in [-0.2, -0.15) is 0 Å². The van der Waals surface area contributed by atoms with E-state index in [0.717, 1.165) is 37.1 Å². The molecule has 0 spiro atoms. The molecule has 1 fully saturated rings. The SMILES string of the molecule is CC[C@@H]1CCCCN1CCCNC(=S)Nc1cccc(C)n1. The number of hydrogen-bond donors (Lipinski definition) is 2. The van der Waals surface area contributed by atoms with Crippen LogP contribution < -0.4 is 10.6 Å². The van der Waals surface area contributed by atoms with Crippen LogP contribution in [0.15, 0.2) is 18.2 Å². The summed E-state index contributed by atoms with van der Waals surface area (Å²) in [5.74, 6) is 0.805. The van der Waals surface area contributed by atoms with Crippen molar-refractivity contribution in [3.05, 3.63) is 23.9 Å². The van der Waals surface area contributed by atoms with Crippen LogP contribution in [0.3, 0.4) is 0 Å². The van der Waals surface area contributed by atoms with Crippen LogP contribution in [0.2, 0.25) is 0 Å². The first-order valence-corrected chi connectivity index (χ1v) is 8.82. The van der Waals surface area contributed by atoms with E-state index in [1.54, 1.807) is 0 Å². The monoisotopic (exact) mass is 320 g/mol. The molecule has 0 unspecified atom stereocenters. The predicted molar refractivity (Wildman–Crippen MR) is 97.3 cm³/mol. The molecule has 1 aliphatic rings. The first kappa shape index (κ1) is 17.2. The minimum atomic E-state index is 0.656. The summed E-state index contributed by atoms with van der Waals surface area (Å²) >= 11 is 5.32. The van der Waals surface area contributed by atoms with Crippen molar-refractivity contribution >= 4 is 23.1 Å². The van der Waals surface area contributed by atoms with Crippen LogP contribution in [0, 0.1) is 6.92 Å². The van der Waals surface area contributed by atoms with Gasteiger partial charge < -0.3 is 15.5 Å². The van der Waals surface area contributed by atoms with Crippen molar-refractivity contribution in [2.45, 2.75) is 52.0 Å². The summed E-state index contributed by atoms with van der Waals surface area (Å²) in [7, 11) is 0. The maximum Gasteiger partial charge on any atom is 0.171 e. The minimum Gasteiger partial charge on any atom is -0.362 e. The Morgan fingerprint density at radius 1 is 1.41 bits per heavy atom. The van der Waals surface area contributed by atoms with Crippen molar-refractivity contribution in [1.82, 2.24) is 15.2 Å². The molecule has 0 amide bonds. The molecule has 2 heterocycles. The third-order valence-corrected chi connectivity index (χ3v) is 4.50. The predicted octanol–water partition coefficient (Wildman–Crippen LogP) is 3.33. The zero-order valence-corrected chi connectivity index (χ0v) is 14.6. The van der Waals surface area contributed by atoms with Crippen LogP contribution in [-0.2, 0) is 0 Å². The second-order valence-corrected chi connectivity index (χ2v) is 6.40. The fourth-order valence-corrected chi connectivity index (χ4v) is 3.28. The topological polar surface area (TPSA) is 40.2 Å². The molecule has 2 N–H and O–H groups in total. The van der Waals surface area contributed by atoms with E-state index >= 15 is 0 Å². The fourth-order valence-electron chi connectivity index (χ4n) is 3.07. The lowest BCUT2D eigenvalue weighted by molar-refractivity contribution is 0.143. The molecule has 2 rings (SSSR count). The Morgan fingerprint density at radius 2 is 2.27 bits per heavy atom. The second-order valence-electron chi connectivity index (χ2n) is 5.99. The van der Waals surface area contributed by atoms with E-state index in [-0.39, 0.29) is 0 Å². The molecule has 0 radical (unpaired) electrons. The van der Waals surface area contributed by atoms with Crippen LogP contribution >= 0.6 is 12.2 Å². The molecule has 1 aromatic rings. The van der Waals surface area contributed by atoms with Gasteiger partial charge in [0.2, 0.25) is 0 Å². The fraction of sp³-hybridized carbons (Fsp3) is 0.647. The Kier molecular flexibility index (Phi) is 7.06. The number of nitrogens with one attached hydrogen (secondary N) is 2. The van der Waals surface area contributed by atoms with Gasteiger partial charge in [0.1, 0.15) is 5.82 Å². The Bertz CT molecular complexity index is 477. The van der Waals surface area contributed by atoms with Gasteiger partial charge in [0, 0.05) is 24.8 Å². The number of aromatic nitrogens is 1. The molecule has 0 aliphatic carbocycles. The molecule has 1 atom stereocenters. The lowest BCUT2D eigenvalue weighted by Gasteiger charge is -2.35. The van der Waals surface area contributed by atoms with E-state index in [2.05, 4.69) is 27.4 Å². The number of hydrogen-bond acceptors (Lipinski definition) is 3. The van der Waals surface area contributed by atoms with E-state index in [0.29, 0.717) is 5.11 Å². The number of rotatable bonds is 6. The van der Waals surface area contributed by atoms with Crippen LogP contribution in [0.4, 0.5) is 5.82 Å². The first-order chi connectivity index (χ1) is 10.7. The molecule has 5 heteroatoms. The largest absolute Gasteiger partial charge is 0.362 e. The van der Waals surface area contributed by atoms with Crippen molar-refractivity contribution in [3.8, 4) is 0 Å². The quantitative estimate of drug-likeness (QED) is 0.621. The highest BCUT2D eigenvalue weighted by atomic mass is 32.1. The number of likely N-dealkylation sites (tertiary alicyclic amines) is 1. The van der Waals surface area contributed by atoms with Crippen LogP contribution in [0.1, 0.15) is 44.7 Å². The molecule has 1 aromatic heterocycles. The third kappa shape index (κ3) is 5.54. The van der Waals surface area contributed by atoms with E-state index in [1.807, 2.05) is 25.1 Å². The number of nitrogens with zero attached hydrogens (tertiary/aromatic N) is 2. The first-order valence-electron chi connectivity index (χ1n) is 8.41. The van der Waals surface area contributed by atoms with Gasteiger partial charge in [0.15, 0.2) is 5.11 Å². The summed E-state index contributed by atoms with van der Waals surface area (Å²) in [6.07, 6.45) is 6.50. The molecule has 0 saturated carbocycles. The van der Waals surface area contributed by atoms with Gasteiger partial charge in [-0.1, -0.05) is 19.4 Å². The number of piperidine rings is 1. The Balaban J connectivity index is 1.64. The van der Waals surface area contributed by atoms with E-state index in [4.69, 9.17) is 12.2 Å². The van der Waals surface area contributed by atoms with E-state index in [1.165, 1.54) is 32.2 Å². The van der Waals surface area contributed by atoms with Gasteiger partial charge in [-0.05, 0) is 63.5 Å². The highest BCUT2D eigenvalue weighted by molar-refractivity contribution is 7.80. The molecule has 4 nitrogen and oxygen atoms in total.